The van der Waals surface area contributed by atoms with E-state index in [1.165, 1.54) is 4.88 Å². The van der Waals surface area contributed by atoms with Crippen LogP contribution in [0.25, 0.3) is 0 Å². The Hall–Kier alpha value is -1.86. The van der Waals surface area contributed by atoms with Crippen molar-refractivity contribution in [2.45, 2.75) is 19.4 Å². The molecule has 2 aromatic heterocycles. The molecule has 0 aliphatic carbocycles. The summed E-state index contributed by atoms with van der Waals surface area (Å²) in [5.41, 5.74) is 1.38. The van der Waals surface area contributed by atoms with Crippen molar-refractivity contribution in [3.63, 3.8) is 0 Å². The SMILES string of the molecule is CC(Cc1cccs1)N(C)c1cccnc1C#N. The van der Waals surface area contributed by atoms with Crippen molar-refractivity contribution in [1.29, 1.82) is 5.26 Å². The monoisotopic (exact) mass is 257 g/mol. The lowest BCUT2D eigenvalue weighted by Crippen LogP contribution is -2.31. The fraction of sp³-hybridized carbons (Fsp3) is 0.286. The molecular weight excluding hydrogens is 242 g/mol. The van der Waals surface area contributed by atoms with Gasteiger partial charge in [0.2, 0.25) is 0 Å². The first-order valence-corrected chi connectivity index (χ1v) is 6.70. The minimum atomic E-state index is 0.333. The molecule has 3 nitrogen and oxygen atoms in total. The predicted molar refractivity (Wildman–Crippen MR) is 74.8 cm³/mol. The number of hydrogen-bond donors (Lipinski definition) is 0. The number of nitrogens with zero attached hydrogens (tertiary/aromatic N) is 3. The van der Waals surface area contributed by atoms with Gasteiger partial charge in [-0.2, -0.15) is 5.26 Å². The highest BCUT2D eigenvalue weighted by molar-refractivity contribution is 7.09. The van der Waals surface area contributed by atoms with Gasteiger partial charge in [-0.1, -0.05) is 6.07 Å². The Bertz CT molecular complexity index is 542. The largest absolute Gasteiger partial charge is 0.369 e. The standard InChI is InChI=1S/C14H15N3S/c1-11(9-12-5-4-8-18-12)17(2)14-6-3-7-16-13(14)10-15/h3-8,11H,9H2,1-2H3. The van der Waals surface area contributed by atoms with E-state index in [0.29, 0.717) is 11.7 Å². The van der Waals surface area contributed by atoms with E-state index >= 15 is 0 Å². The average molecular weight is 257 g/mol. The molecule has 1 atom stereocenters. The zero-order valence-corrected chi connectivity index (χ0v) is 11.3. The third kappa shape index (κ3) is 2.69. The minimum absolute atomic E-state index is 0.333. The van der Waals surface area contributed by atoms with Crippen LogP contribution in [0.2, 0.25) is 0 Å². The lowest BCUT2D eigenvalue weighted by atomic mass is 10.1. The van der Waals surface area contributed by atoms with Gasteiger partial charge in [0.25, 0.3) is 0 Å². The van der Waals surface area contributed by atoms with Gasteiger partial charge in [-0.15, -0.1) is 11.3 Å². The van der Waals surface area contributed by atoms with Gasteiger partial charge in [-0.3, -0.25) is 0 Å². The third-order valence-electron chi connectivity index (χ3n) is 3.01. The molecule has 0 bridgehead atoms. The molecule has 18 heavy (non-hydrogen) atoms. The molecule has 0 N–H and O–H groups in total. The van der Waals surface area contributed by atoms with Crippen LogP contribution < -0.4 is 4.90 Å². The van der Waals surface area contributed by atoms with E-state index in [1.807, 2.05) is 19.2 Å². The van der Waals surface area contributed by atoms with E-state index in [4.69, 9.17) is 5.26 Å². The van der Waals surface area contributed by atoms with Crippen LogP contribution in [-0.2, 0) is 6.42 Å². The van der Waals surface area contributed by atoms with Crippen LogP contribution >= 0.6 is 11.3 Å². The number of nitriles is 1. The molecule has 0 aliphatic rings. The number of aromatic nitrogens is 1. The number of hydrogen-bond acceptors (Lipinski definition) is 4. The lowest BCUT2D eigenvalue weighted by Gasteiger charge is -2.27. The highest BCUT2D eigenvalue weighted by atomic mass is 32.1. The molecule has 2 rings (SSSR count). The summed E-state index contributed by atoms with van der Waals surface area (Å²) in [6.07, 6.45) is 2.63. The van der Waals surface area contributed by atoms with Gasteiger partial charge < -0.3 is 4.90 Å². The van der Waals surface area contributed by atoms with Crippen molar-refractivity contribution < 1.29 is 0 Å². The summed E-state index contributed by atoms with van der Waals surface area (Å²) >= 11 is 1.77. The molecule has 0 spiro atoms. The second-order valence-electron chi connectivity index (χ2n) is 4.23. The van der Waals surface area contributed by atoms with Gasteiger partial charge in [0.15, 0.2) is 5.69 Å². The van der Waals surface area contributed by atoms with Crippen molar-refractivity contribution in [3.05, 3.63) is 46.4 Å². The van der Waals surface area contributed by atoms with Gasteiger partial charge in [0.05, 0.1) is 5.69 Å². The van der Waals surface area contributed by atoms with E-state index in [9.17, 15) is 0 Å². The first-order chi connectivity index (χ1) is 8.72. The Labute approximate surface area is 111 Å². The Kier molecular flexibility index (Phi) is 3.96. The van der Waals surface area contributed by atoms with Gasteiger partial charge in [-0.05, 0) is 30.5 Å². The number of thiophene rings is 1. The highest BCUT2D eigenvalue weighted by Gasteiger charge is 2.14. The Morgan fingerprint density at radius 1 is 1.44 bits per heavy atom. The fourth-order valence-corrected chi connectivity index (χ4v) is 2.69. The first-order valence-electron chi connectivity index (χ1n) is 5.82. The molecule has 1 unspecified atom stereocenters. The van der Waals surface area contributed by atoms with E-state index in [2.05, 4.69) is 40.4 Å². The van der Waals surface area contributed by atoms with Crippen LogP contribution in [0, 0.1) is 11.3 Å². The van der Waals surface area contributed by atoms with Crippen LogP contribution in [0.4, 0.5) is 5.69 Å². The zero-order valence-electron chi connectivity index (χ0n) is 10.5. The third-order valence-corrected chi connectivity index (χ3v) is 3.91. The molecule has 2 aromatic rings. The van der Waals surface area contributed by atoms with Crippen LogP contribution in [-0.4, -0.2) is 18.1 Å². The van der Waals surface area contributed by atoms with Gasteiger partial charge in [0.1, 0.15) is 6.07 Å². The minimum Gasteiger partial charge on any atom is -0.369 e. The van der Waals surface area contributed by atoms with Crippen molar-refractivity contribution in [1.82, 2.24) is 4.98 Å². The maximum atomic E-state index is 9.07. The predicted octanol–water partition coefficient (Wildman–Crippen LogP) is 3.08. The topological polar surface area (TPSA) is 39.9 Å². The van der Waals surface area contributed by atoms with E-state index < -0.39 is 0 Å². The Balaban J connectivity index is 2.15. The molecule has 2 heterocycles. The van der Waals surface area contributed by atoms with E-state index in [0.717, 1.165) is 12.1 Å². The summed E-state index contributed by atoms with van der Waals surface area (Å²) in [6.45, 7) is 2.16. The maximum absolute atomic E-state index is 9.07. The second-order valence-corrected chi connectivity index (χ2v) is 5.26. The average Bonchev–Trinajstić information content (AvgIpc) is 2.90. The Morgan fingerprint density at radius 2 is 2.28 bits per heavy atom. The molecule has 0 saturated carbocycles. The van der Waals surface area contributed by atoms with Crippen LogP contribution in [0.15, 0.2) is 35.8 Å². The van der Waals surface area contributed by atoms with Gasteiger partial charge in [0, 0.05) is 30.6 Å². The molecule has 4 heteroatoms. The summed E-state index contributed by atoms with van der Waals surface area (Å²) in [4.78, 5) is 7.57. The van der Waals surface area contributed by atoms with Crippen LogP contribution in [0.3, 0.4) is 0 Å². The molecule has 0 fully saturated rings. The summed E-state index contributed by atoms with van der Waals surface area (Å²) in [5, 5.41) is 11.2. The summed E-state index contributed by atoms with van der Waals surface area (Å²) in [7, 11) is 2.01. The second kappa shape index (κ2) is 5.65. The summed E-state index contributed by atoms with van der Waals surface area (Å²) in [5.74, 6) is 0. The molecule has 0 aromatic carbocycles. The van der Waals surface area contributed by atoms with Gasteiger partial charge in [-0.25, -0.2) is 4.98 Å². The molecular formula is C14H15N3S. The zero-order chi connectivity index (χ0) is 13.0. The number of anilines is 1. The highest BCUT2D eigenvalue weighted by Crippen LogP contribution is 2.21. The molecule has 0 aliphatic heterocycles. The molecule has 0 radical (unpaired) electrons. The lowest BCUT2D eigenvalue weighted by molar-refractivity contribution is 0.686. The number of likely N-dealkylation sites (N-methyl/N-ethyl adjacent to an activating group) is 1. The smallest absolute Gasteiger partial charge is 0.163 e. The van der Waals surface area contributed by atoms with Crippen LogP contribution in [0.1, 0.15) is 17.5 Å². The van der Waals surface area contributed by atoms with Crippen molar-refractivity contribution >= 4 is 17.0 Å². The first kappa shape index (κ1) is 12.6. The van der Waals surface area contributed by atoms with Crippen molar-refractivity contribution in [3.8, 4) is 6.07 Å². The number of rotatable bonds is 4. The maximum Gasteiger partial charge on any atom is 0.163 e. The molecule has 92 valence electrons. The van der Waals surface area contributed by atoms with Crippen molar-refractivity contribution in [2.24, 2.45) is 0 Å². The molecule has 0 amide bonds. The van der Waals surface area contributed by atoms with Crippen molar-refractivity contribution in [2.75, 3.05) is 11.9 Å². The summed E-state index contributed by atoms with van der Waals surface area (Å²) in [6, 6.07) is 10.5. The van der Waals surface area contributed by atoms with Crippen LogP contribution in [0.5, 0.6) is 0 Å². The number of pyridine rings is 1. The quantitative estimate of drug-likeness (QED) is 0.845. The van der Waals surface area contributed by atoms with Gasteiger partial charge >= 0.3 is 0 Å². The fourth-order valence-electron chi connectivity index (χ4n) is 1.86. The summed E-state index contributed by atoms with van der Waals surface area (Å²) < 4.78 is 0. The van der Waals surface area contributed by atoms with E-state index in [1.54, 1.807) is 17.5 Å². The Morgan fingerprint density at radius 3 is 2.94 bits per heavy atom. The van der Waals surface area contributed by atoms with E-state index in [-0.39, 0.29) is 0 Å². The molecule has 0 saturated heterocycles. The normalized spacial score (nSPS) is 11.8.